The van der Waals surface area contributed by atoms with E-state index in [-0.39, 0.29) is 12.1 Å². The predicted octanol–water partition coefficient (Wildman–Crippen LogP) is 3.33. The van der Waals surface area contributed by atoms with Gasteiger partial charge in [0.15, 0.2) is 0 Å². The highest BCUT2D eigenvalue weighted by molar-refractivity contribution is 5.67. The van der Waals surface area contributed by atoms with E-state index < -0.39 is 23.3 Å². The quantitative estimate of drug-likeness (QED) is 0.813. The maximum Gasteiger partial charge on any atom is 0.410 e. The maximum absolute atomic E-state index is 13.4. The fourth-order valence-electron chi connectivity index (χ4n) is 1.32. The van der Waals surface area contributed by atoms with Gasteiger partial charge in [0.05, 0.1) is 6.54 Å². The molecular formula is C13H17F2NO2. The minimum atomic E-state index is -0.676. The van der Waals surface area contributed by atoms with Crippen LogP contribution in [0.15, 0.2) is 18.2 Å². The second kappa shape index (κ2) is 5.33. The molecule has 1 aromatic rings. The van der Waals surface area contributed by atoms with Crippen LogP contribution in [-0.4, -0.2) is 23.6 Å². The van der Waals surface area contributed by atoms with Crippen LogP contribution < -0.4 is 0 Å². The Kier molecular flexibility index (Phi) is 4.27. The van der Waals surface area contributed by atoms with E-state index >= 15 is 0 Å². The van der Waals surface area contributed by atoms with E-state index in [1.54, 1.807) is 20.8 Å². The lowest BCUT2D eigenvalue weighted by molar-refractivity contribution is 0.0282. The fraction of sp³-hybridized carbons (Fsp3) is 0.462. The number of carbonyl (C=O) groups excluding carboxylic acids is 1. The molecule has 5 heteroatoms. The fourth-order valence-corrected chi connectivity index (χ4v) is 1.32. The summed E-state index contributed by atoms with van der Waals surface area (Å²) in [7, 11) is 1.43. The first-order valence-electron chi connectivity index (χ1n) is 5.57. The number of benzene rings is 1. The number of carbonyl (C=O) groups is 1. The summed E-state index contributed by atoms with van der Waals surface area (Å²) in [6.07, 6.45) is -0.620. The van der Waals surface area contributed by atoms with E-state index in [2.05, 4.69) is 0 Å². The average molecular weight is 257 g/mol. The van der Waals surface area contributed by atoms with Crippen molar-refractivity contribution < 1.29 is 18.3 Å². The van der Waals surface area contributed by atoms with Crippen LogP contribution in [-0.2, 0) is 11.3 Å². The number of hydrogen-bond donors (Lipinski definition) is 0. The van der Waals surface area contributed by atoms with Crippen molar-refractivity contribution in [3.05, 3.63) is 35.4 Å². The lowest BCUT2D eigenvalue weighted by Gasteiger charge is -2.24. The minimum Gasteiger partial charge on any atom is -0.444 e. The number of ether oxygens (including phenoxy) is 1. The van der Waals surface area contributed by atoms with Gasteiger partial charge in [-0.05, 0) is 32.9 Å². The highest BCUT2D eigenvalue weighted by Crippen LogP contribution is 2.16. The Hall–Kier alpha value is -1.65. The monoisotopic (exact) mass is 257 g/mol. The van der Waals surface area contributed by atoms with Crippen molar-refractivity contribution in [2.45, 2.75) is 32.9 Å². The number of amides is 1. The summed E-state index contributed by atoms with van der Waals surface area (Å²) in [5, 5.41) is 0. The van der Waals surface area contributed by atoms with E-state index in [4.69, 9.17) is 4.74 Å². The molecule has 0 aromatic heterocycles. The van der Waals surface area contributed by atoms with Crippen LogP contribution in [0.5, 0.6) is 0 Å². The Balaban J connectivity index is 2.76. The molecule has 0 radical (unpaired) electrons. The molecule has 1 amide bonds. The summed E-state index contributed by atoms with van der Waals surface area (Å²) in [6.45, 7) is 5.00. The van der Waals surface area contributed by atoms with Crippen molar-refractivity contribution in [3.63, 3.8) is 0 Å². The van der Waals surface area contributed by atoms with Gasteiger partial charge in [0.1, 0.15) is 17.2 Å². The summed E-state index contributed by atoms with van der Waals surface area (Å²) in [5.41, 5.74) is -0.787. The molecule has 0 aliphatic rings. The van der Waals surface area contributed by atoms with Crippen LogP contribution in [0, 0.1) is 11.6 Å². The van der Waals surface area contributed by atoms with Crippen molar-refractivity contribution in [3.8, 4) is 0 Å². The van der Waals surface area contributed by atoms with Crippen LogP contribution in [0.4, 0.5) is 13.6 Å². The average Bonchev–Trinajstić information content (AvgIpc) is 2.21. The number of halogens is 2. The lowest BCUT2D eigenvalue weighted by Crippen LogP contribution is -2.34. The number of hydrogen-bond acceptors (Lipinski definition) is 2. The topological polar surface area (TPSA) is 29.5 Å². The molecule has 3 nitrogen and oxygen atoms in total. The van der Waals surface area contributed by atoms with Crippen LogP contribution in [0.2, 0.25) is 0 Å². The van der Waals surface area contributed by atoms with Crippen molar-refractivity contribution in [2.75, 3.05) is 7.05 Å². The van der Waals surface area contributed by atoms with E-state index in [1.807, 2.05) is 0 Å². The van der Waals surface area contributed by atoms with Crippen molar-refractivity contribution in [1.29, 1.82) is 0 Å². The largest absolute Gasteiger partial charge is 0.444 e. The molecule has 0 aliphatic carbocycles. The second-order valence-electron chi connectivity index (χ2n) is 5.04. The van der Waals surface area contributed by atoms with Gasteiger partial charge in [-0.2, -0.15) is 0 Å². The second-order valence-corrected chi connectivity index (χ2v) is 5.04. The lowest BCUT2D eigenvalue weighted by atomic mass is 10.2. The first kappa shape index (κ1) is 14.4. The van der Waals surface area contributed by atoms with Gasteiger partial charge in [-0.3, -0.25) is 0 Å². The molecule has 18 heavy (non-hydrogen) atoms. The zero-order valence-corrected chi connectivity index (χ0v) is 11.0. The Morgan fingerprint density at radius 1 is 1.28 bits per heavy atom. The Morgan fingerprint density at radius 2 is 1.78 bits per heavy atom. The normalized spacial score (nSPS) is 11.2. The third-order valence-corrected chi connectivity index (χ3v) is 2.16. The molecule has 0 fully saturated rings. The van der Waals surface area contributed by atoms with Crippen LogP contribution in [0.25, 0.3) is 0 Å². The molecule has 0 aliphatic heterocycles. The van der Waals surface area contributed by atoms with Crippen LogP contribution in [0.3, 0.4) is 0 Å². The van der Waals surface area contributed by atoms with Crippen LogP contribution in [0.1, 0.15) is 26.3 Å². The van der Waals surface area contributed by atoms with Crippen molar-refractivity contribution in [2.24, 2.45) is 0 Å². The SMILES string of the molecule is CN(Cc1c(F)cccc1F)C(=O)OC(C)(C)C. The summed E-state index contributed by atoms with van der Waals surface area (Å²) < 4.78 is 31.9. The van der Waals surface area contributed by atoms with Gasteiger partial charge in [-0.15, -0.1) is 0 Å². The van der Waals surface area contributed by atoms with Gasteiger partial charge in [-0.1, -0.05) is 6.07 Å². The van der Waals surface area contributed by atoms with Gasteiger partial charge < -0.3 is 9.64 Å². The van der Waals surface area contributed by atoms with E-state index in [9.17, 15) is 13.6 Å². The Bertz CT molecular complexity index is 421. The molecule has 0 spiro atoms. The summed E-state index contributed by atoms with van der Waals surface area (Å²) in [6, 6.07) is 3.59. The third kappa shape index (κ3) is 3.98. The molecule has 0 atom stereocenters. The maximum atomic E-state index is 13.4. The van der Waals surface area contributed by atoms with E-state index in [0.717, 1.165) is 17.0 Å². The first-order chi connectivity index (χ1) is 8.20. The van der Waals surface area contributed by atoms with Gasteiger partial charge >= 0.3 is 6.09 Å². The summed E-state index contributed by atoms with van der Waals surface area (Å²) >= 11 is 0. The standard InChI is InChI=1S/C13H17F2NO2/c1-13(2,3)18-12(17)16(4)8-9-10(14)6-5-7-11(9)15/h5-7H,8H2,1-4H3. The zero-order chi connectivity index (χ0) is 13.9. The van der Waals surface area contributed by atoms with Gasteiger partial charge in [-0.25, -0.2) is 13.6 Å². The summed E-state index contributed by atoms with van der Waals surface area (Å²) in [5.74, 6) is -1.35. The van der Waals surface area contributed by atoms with Gasteiger partial charge in [0, 0.05) is 12.6 Å². The minimum absolute atomic E-state index is 0.147. The van der Waals surface area contributed by atoms with Gasteiger partial charge in [0.2, 0.25) is 0 Å². The highest BCUT2D eigenvalue weighted by Gasteiger charge is 2.21. The molecule has 0 saturated heterocycles. The molecule has 0 unspecified atom stereocenters. The Labute approximate surface area is 105 Å². The van der Waals surface area contributed by atoms with Crippen LogP contribution >= 0.6 is 0 Å². The van der Waals surface area contributed by atoms with E-state index in [0.29, 0.717) is 0 Å². The van der Waals surface area contributed by atoms with Crippen molar-refractivity contribution >= 4 is 6.09 Å². The summed E-state index contributed by atoms with van der Waals surface area (Å²) in [4.78, 5) is 12.8. The molecule has 0 saturated carbocycles. The third-order valence-electron chi connectivity index (χ3n) is 2.16. The molecule has 100 valence electrons. The molecule has 0 heterocycles. The molecular weight excluding hydrogens is 240 g/mol. The highest BCUT2D eigenvalue weighted by atomic mass is 19.1. The number of rotatable bonds is 2. The van der Waals surface area contributed by atoms with Crippen molar-refractivity contribution in [1.82, 2.24) is 4.90 Å². The Morgan fingerprint density at radius 3 is 2.22 bits per heavy atom. The zero-order valence-electron chi connectivity index (χ0n) is 11.0. The molecule has 0 bridgehead atoms. The predicted molar refractivity (Wildman–Crippen MR) is 64.1 cm³/mol. The molecule has 1 rings (SSSR count). The van der Waals surface area contributed by atoms with Gasteiger partial charge in [0.25, 0.3) is 0 Å². The first-order valence-corrected chi connectivity index (χ1v) is 5.57. The molecule has 1 aromatic carbocycles. The number of nitrogens with zero attached hydrogens (tertiary/aromatic N) is 1. The van der Waals surface area contributed by atoms with E-state index in [1.165, 1.54) is 13.1 Å². The smallest absolute Gasteiger partial charge is 0.410 e. The molecule has 0 N–H and O–H groups in total.